The van der Waals surface area contributed by atoms with Gasteiger partial charge in [0, 0.05) is 0 Å². The second-order valence-electron chi connectivity index (χ2n) is 15.0. The number of carbonyl (C=O) groups is 2. The number of hydrogen-bond donors (Lipinski definition) is 1. The van der Waals surface area contributed by atoms with Crippen molar-refractivity contribution in [1.29, 1.82) is 0 Å². The molecule has 1 aliphatic heterocycles. The molecule has 9 heteroatoms. The van der Waals surface area contributed by atoms with Crippen LogP contribution < -0.4 is 14.2 Å². The zero-order valence-corrected chi connectivity index (χ0v) is 31.6. The lowest BCUT2D eigenvalue weighted by atomic mass is 9.81. The molecular weight excluding hydrogens is 735 g/mol. The molecule has 49 heavy (non-hydrogen) atoms. The predicted molar refractivity (Wildman–Crippen MR) is 195 cm³/mol. The third-order valence-electron chi connectivity index (χ3n) is 11.6. The second kappa shape index (κ2) is 16.2. The predicted octanol–water partition coefficient (Wildman–Crippen LogP) is 8.06. The van der Waals surface area contributed by atoms with Crippen molar-refractivity contribution in [3.63, 3.8) is 0 Å². The highest BCUT2D eigenvalue weighted by Gasteiger charge is 2.41. The van der Waals surface area contributed by atoms with Crippen molar-refractivity contribution in [2.75, 3.05) is 27.4 Å². The molecule has 0 amide bonds. The first kappa shape index (κ1) is 36.3. The van der Waals surface area contributed by atoms with Gasteiger partial charge in [-0.2, -0.15) is 0 Å². The van der Waals surface area contributed by atoms with E-state index in [0.717, 1.165) is 33.7 Å². The zero-order valence-electron chi connectivity index (χ0n) is 29.4. The molecule has 2 unspecified atom stereocenters. The van der Waals surface area contributed by atoms with Crippen LogP contribution in [0.2, 0.25) is 0 Å². The topological polar surface area (TPSA) is 101 Å². The minimum absolute atomic E-state index is 0.130. The van der Waals surface area contributed by atoms with Crippen LogP contribution in [0.1, 0.15) is 101 Å². The first-order chi connectivity index (χ1) is 23.7. The van der Waals surface area contributed by atoms with E-state index in [0.29, 0.717) is 36.9 Å². The Morgan fingerprint density at radius 3 is 1.86 bits per heavy atom. The highest BCUT2D eigenvalue weighted by Crippen LogP contribution is 2.50. The van der Waals surface area contributed by atoms with Crippen LogP contribution in [0.4, 0.5) is 0 Å². The highest BCUT2D eigenvalue weighted by molar-refractivity contribution is 14.1. The average molecular weight is 789 g/mol. The molecule has 0 aromatic heterocycles. The van der Waals surface area contributed by atoms with E-state index in [-0.39, 0.29) is 47.8 Å². The molecule has 5 aliphatic rings. The summed E-state index contributed by atoms with van der Waals surface area (Å²) in [5.41, 5.74) is 2.35. The van der Waals surface area contributed by atoms with Gasteiger partial charge >= 0.3 is 11.9 Å². The molecule has 0 spiro atoms. The van der Waals surface area contributed by atoms with E-state index in [4.69, 9.17) is 23.7 Å². The van der Waals surface area contributed by atoms with Gasteiger partial charge in [0.15, 0.2) is 11.5 Å². The minimum Gasteiger partial charge on any atom is -0.490 e. The summed E-state index contributed by atoms with van der Waals surface area (Å²) in [7, 11) is 2.92. The largest absolute Gasteiger partial charge is 0.490 e. The number of halogens is 1. The first-order valence-corrected chi connectivity index (χ1v) is 19.5. The smallest absolute Gasteiger partial charge is 0.309 e. The first-order valence-electron chi connectivity index (χ1n) is 18.4. The van der Waals surface area contributed by atoms with Gasteiger partial charge in [0.25, 0.3) is 0 Å². The lowest BCUT2D eigenvalue weighted by Gasteiger charge is -2.37. The van der Waals surface area contributed by atoms with E-state index >= 15 is 0 Å². The van der Waals surface area contributed by atoms with Gasteiger partial charge in [-0.25, -0.2) is 0 Å². The van der Waals surface area contributed by atoms with Gasteiger partial charge in [0.05, 0.1) is 35.7 Å². The number of benzene rings is 2. The molecular formula is C40H53IO8. The van der Waals surface area contributed by atoms with Crippen LogP contribution in [0, 0.1) is 39.1 Å². The van der Waals surface area contributed by atoms with E-state index < -0.39 is 0 Å². The Morgan fingerprint density at radius 1 is 0.796 bits per heavy atom. The number of aliphatic hydroxyl groups excluding tert-OH is 1. The molecule has 2 aromatic rings. The number of aliphatic hydroxyl groups is 1. The standard InChI is InChI=1S/C20H27IO4.C20H26O4/c1-12(20(23)24-2)19(14-6-7-14)15-8-9-18(16(21)10-15)25-11-17(22)13-4-3-5-13;1-12(20(21)22-2)19(14-6-7-14)15-8-9-16-17(10-15)24-18(11-23-16)13-4-3-5-13/h8-10,12-14,17,19,22H,3-7,11H2,1-2H3;8-10,12-14,18-19H,3-7,11H2,1-2H3/t12-,17?,19-;12-,18?,19-/m00/s1. The molecule has 4 saturated carbocycles. The Bertz CT molecular complexity index is 1450. The van der Waals surface area contributed by atoms with Crippen LogP contribution in [-0.4, -0.2) is 56.7 Å². The fourth-order valence-electron chi connectivity index (χ4n) is 7.85. The Kier molecular flexibility index (Phi) is 12.0. The van der Waals surface area contributed by atoms with Gasteiger partial charge in [-0.05, 0) is 145 Å². The molecule has 268 valence electrons. The molecule has 6 atom stereocenters. The van der Waals surface area contributed by atoms with E-state index in [1.165, 1.54) is 76.7 Å². The van der Waals surface area contributed by atoms with E-state index in [2.05, 4.69) is 46.9 Å². The maximum atomic E-state index is 12.1. The number of fused-ring (bicyclic) bond motifs is 1. The summed E-state index contributed by atoms with van der Waals surface area (Å²) >= 11 is 2.28. The van der Waals surface area contributed by atoms with Crippen molar-refractivity contribution >= 4 is 34.5 Å². The van der Waals surface area contributed by atoms with Crippen LogP contribution in [0.15, 0.2) is 36.4 Å². The summed E-state index contributed by atoms with van der Waals surface area (Å²) in [6.07, 6.45) is 11.7. The van der Waals surface area contributed by atoms with E-state index in [9.17, 15) is 14.7 Å². The van der Waals surface area contributed by atoms with Crippen molar-refractivity contribution in [1.82, 2.24) is 0 Å². The normalized spacial score (nSPS) is 23.3. The van der Waals surface area contributed by atoms with E-state index in [1.807, 2.05) is 26.0 Å². The van der Waals surface area contributed by atoms with Gasteiger partial charge in [0.1, 0.15) is 25.1 Å². The molecule has 2 aromatic carbocycles. The highest BCUT2D eigenvalue weighted by atomic mass is 127. The van der Waals surface area contributed by atoms with Gasteiger partial charge in [-0.1, -0.05) is 38.8 Å². The second-order valence-corrected chi connectivity index (χ2v) is 16.1. The molecule has 0 radical (unpaired) electrons. The fraction of sp³-hybridized carbons (Fsp3) is 0.650. The molecule has 1 heterocycles. The molecule has 8 nitrogen and oxygen atoms in total. The fourth-order valence-corrected chi connectivity index (χ4v) is 8.54. The molecule has 4 fully saturated rings. The van der Waals surface area contributed by atoms with Crippen LogP contribution in [0.3, 0.4) is 0 Å². The Morgan fingerprint density at radius 2 is 1.37 bits per heavy atom. The summed E-state index contributed by atoms with van der Waals surface area (Å²) in [4.78, 5) is 24.1. The summed E-state index contributed by atoms with van der Waals surface area (Å²) in [5, 5.41) is 10.1. The van der Waals surface area contributed by atoms with Crippen molar-refractivity contribution in [3.05, 3.63) is 51.1 Å². The Labute approximate surface area is 305 Å². The van der Waals surface area contributed by atoms with Crippen LogP contribution in [0.5, 0.6) is 17.2 Å². The van der Waals surface area contributed by atoms with Crippen molar-refractivity contribution in [2.45, 2.75) is 102 Å². The van der Waals surface area contributed by atoms with Crippen molar-refractivity contribution in [3.8, 4) is 17.2 Å². The maximum Gasteiger partial charge on any atom is 0.309 e. The number of carbonyl (C=O) groups excluding carboxylic acids is 2. The Balaban J connectivity index is 0.000000170. The van der Waals surface area contributed by atoms with E-state index in [1.54, 1.807) is 0 Å². The van der Waals surface area contributed by atoms with Gasteiger partial charge in [0.2, 0.25) is 0 Å². The van der Waals surface area contributed by atoms with Gasteiger partial charge in [-0.15, -0.1) is 0 Å². The van der Waals surface area contributed by atoms with Crippen molar-refractivity contribution in [2.24, 2.45) is 35.5 Å². The lowest BCUT2D eigenvalue weighted by Crippen LogP contribution is -2.39. The summed E-state index contributed by atoms with van der Waals surface area (Å²) in [6.45, 7) is 4.94. The van der Waals surface area contributed by atoms with Gasteiger partial charge in [-0.3, -0.25) is 9.59 Å². The lowest BCUT2D eigenvalue weighted by molar-refractivity contribution is -0.146. The molecule has 7 rings (SSSR count). The number of hydrogen-bond acceptors (Lipinski definition) is 8. The van der Waals surface area contributed by atoms with Gasteiger partial charge < -0.3 is 28.8 Å². The summed E-state index contributed by atoms with van der Waals surface area (Å²) in [5.74, 6) is 4.52. The molecule has 4 aliphatic carbocycles. The molecule has 0 bridgehead atoms. The van der Waals surface area contributed by atoms with Crippen LogP contribution in [-0.2, 0) is 19.1 Å². The SMILES string of the molecule is COC(=O)[C@@H](C)[C@H](c1ccc(OCC(O)C2CCC2)c(I)c1)C1CC1.COC(=O)[C@@H](C)[C@H](c1ccc2c(c1)OC(C1CCC1)CO2)C1CC1. The summed E-state index contributed by atoms with van der Waals surface area (Å²) in [6, 6.07) is 12.4. The van der Waals surface area contributed by atoms with Crippen molar-refractivity contribution < 1.29 is 38.4 Å². The third kappa shape index (κ3) is 8.68. The number of ether oxygens (including phenoxy) is 5. The summed E-state index contributed by atoms with van der Waals surface area (Å²) < 4.78 is 29.0. The molecule has 1 N–H and O–H groups in total. The minimum atomic E-state index is -0.372. The quantitative estimate of drug-likeness (QED) is 0.161. The van der Waals surface area contributed by atoms with Crippen LogP contribution >= 0.6 is 22.6 Å². The number of methoxy groups -OCH3 is 2. The average Bonchev–Trinajstić information content (AvgIpc) is 3.99. The van der Waals surface area contributed by atoms with Crippen LogP contribution in [0.25, 0.3) is 0 Å². The zero-order chi connectivity index (χ0) is 34.7. The number of esters is 2. The third-order valence-corrected chi connectivity index (χ3v) is 12.5. The maximum absolute atomic E-state index is 12.1. The number of rotatable bonds is 13. The molecule has 0 saturated heterocycles. The Hall–Kier alpha value is -2.53. The monoisotopic (exact) mass is 788 g/mol.